The van der Waals surface area contributed by atoms with Gasteiger partial charge in [0.25, 0.3) is 0 Å². The largest absolute Gasteiger partial charge is 0.478 e. The minimum absolute atomic E-state index is 0.0946. The average Bonchev–Trinajstić information content (AvgIpc) is 3.44. The quantitative estimate of drug-likeness (QED) is 0.475. The molecule has 2 atom stereocenters. The molecule has 2 aromatic heterocycles. The number of aryl methyl sites for hydroxylation is 1. The van der Waals surface area contributed by atoms with E-state index in [1.54, 1.807) is 18.3 Å². The number of furan rings is 1. The molecule has 2 N–H and O–H groups in total. The summed E-state index contributed by atoms with van der Waals surface area (Å²) in [6.07, 6.45) is 7.75. The van der Waals surface area contributed by atoms with Gasteiger partial charge in [0.2, 0.25) is 0 Å². The van der Waals surface area contributed by atoms with Crippen LogP contribution in [0.1, 0.15) is 71.6 Å². The van der Waals surface area contributed by atoms with Crippen molar-refractivity contribution in [3.8, 4) is 11.3 Å². The number of carboxylic acids is 1. The molecule has 1 aliphatic carbocycles. The van der Waals surface area contributed by atoms with Gasteiger partial charge in [-0.3, -0.25) is 4.98 Å². The zero-order chi connectivity index (χ0) is 22.9. The number of aromatic nitrogens is 1. The lowest BCUT2D eigenvalue weighted by Gasteiger charge is -2.36. The first-order valence-corrected chi connectivity index (χ1v) is 11.9. The molecular formula is C26H27N3O3S. The second kappa shape index (κ2) is 8.98. The van der Waals surface area contributed by atoms with Gasteiger partial charge in [-0.05, 0) is 73.9 Å². The van der Waals surface area contributed by atoms with Gasteiger partial charge in [0.1, 0.15) is 17.6 Å². The highest BCUT2D eigenvalue weighted by Crippen LogP contribution is 2.43. The molecule has 1 saturated carbocycles. The van der Waals surface area contributed by atoms with Crippen LogP contribution in [0.25, 0.3) is 11.3 Å². The number of pyridine rings is 1. The van der Waals surface area contributed by atoms with Crippen LogP contribution in [0.2, 0.25) is 0 Å². The first-order chi connectivity index (χ1) is 16.0. The molecule has 6 nitrogen and oxygen atoms in total. The van der Waals surface area contributed by atoms with Crippen molar-refractivity contribution in [3.05, 3.63) is 77.3 Å². The summed E-state index contributed by atoms with van der Waals surface area (Å²) in [6, 6.07) is 15.2. The van der Waals surface area contributed by atoms with Crippen LogP contribution >= 0.6 is 12.2 Å². The van der Waals surface area contributed by atoms with Gasteiger partial charge in [-0.2, -0.15) is 0 Å². The summed E-state index contributed by atoms with van der Waals surface area (Å²) < 4.78 is 6.44. The Kier molecular flexibility index (Phi) is 5.89. The zero-order valence-corrected chi connectivity index (χ0v) is 19.3. The van der Waals surface area contributed by atoms with Crippen molar-refractivity contribution in [1.29, 1.82) is 0 Å². The van der Waals surface area contributed by atoms with Crippen molar-refractivity contribution in [3.63, 3.8) is 0 Å². The van der Waals surface area contributed by atoms with Crippen molar-refractivity contribution >= 4 is 23.3 Å². The van der Waals surface area contributed by atoms with Crippen molar-refractivity contribution < 1.29 is 14.3 Å². The van der Waals surface area contributed by atoms with E-state index < -0.39 is 5.97 Å². The van der Waals surface area contributed by atoms with E-state index in [9.17, 15) is 9.90 Å². The lowest BCUT2D eigenvalue weighted by molar-refractivity contribution is 0.0697. The Morgan fingerprint density at radius 1 is 1.15 bits per heavy atom. The molecular weight excluding hydrogens is 434 g/mol. The van der Waals surface area contributed by atoms with Crippen molar-refractivity contribution in [2.24, 2.45) is 0 Å². The molecule has 1 aromatic carbocycles. The Hall–Kier alpha value is -3.19. The fourth-order valence-electron chi connectivity index (χ4n) is 5.15. The number of hydrogen-bond acceptors (Lipinski definition) is 4. The summed E-state index contributed by atoms with van der Waals surface area (Å²) in [6.45, 7) is 1.90. The van der Waals surface area contributed by atoms with Crippen LogP contribution < -0.4 is 5.32 Å². The average molecular weight is 462 g/mol. The highest BCUT2D eigenvalue weighted by molar-refractivity contribution is 7.80. The Balaban J connectivity index is 1.53. The summed E-state index contributed by atoms with van der Waals surface area (Å²) in [5.74, 6) is 0.623. The third-order valence-corrected chi connectivity index (χ3v) is 7.09. The lowest BCUT2D eigenvalue weighted by Crippen LogP contribution is -2.40. The van der Waals surface area contributed by atoms with E-state index in [-0.39, 0.29) is 17.6 Å². The van der Waals surface area contributed by atoms with Crippen molar-refractivity contribution in [2.45, 2.75) is 57.2 Å². The maximum absolute atomic E-state index is 11.3. The highest BCUT2D eigenvalue weighted by Gasteiger charge is 2.44. The van der Waals surface area contributed by atoms with Gasteiger partial charge in [-0.15, -0.1) is 0 Å². The van der Waals surface area contributed by atoms with Crippen molar-refractivity contribution in [2.75, 3.05) is 0 Å². The summed E-state index contributed by atoms with van der Waals surface area (Å²) >= 11 is 5.82. The predicted octanol–water partition coefficient (Wildman–Crippen LogP) is 5.65. The second-order valence-corrected chi connectivity index (χ2v) is 9.25. The number of carbonyl (C=O) groups is 1. The van der Waals surface area contributed by atoms with E-state index in [0.717, 1.165) is 46.3 Å². The molecule has 33 heavy (non-hydrogen) atoms. The molecule has 0 spiro atoms. The SMILES string of the molecule is Cc1cc(C(=O)O)ccc1-c1ccc([C@@H]2[C@@H](c3ccccn3)NC(=S)N2C2CCCCC2)o1. The number of rotatable bonds is 5. The van der Waals surface area contributed by atoms with Gasteiger partial charge in [0.15, 0.2) is 5.11 Å². The van der Waals surface area contributed by atoms with Crippen molar-refractivity contribution in [1.82, 2.24) is 15.2 Å². The van der Waals surface area contributed by atoms with Crippen LogP contribution in [0, 0.1) is 6.92 Å². The zero-order valence-electron chi connectivity index (χ0n) is 18.5. The Morgan fingerprint density at radius 2 is 1.97 bits per heavy atom. The molecule has 170 valence electrons. The lowest BCUT2D eigenvalue weighted by atomic mass is 9.92. The fourth-order valence-corrected chi connectivity index (χ4v) is 5.54. The molecule has 3 aromatic rings. The van der Waals surface area contributed by atoms with E-state index in [1.807, 2.05) is 43.3 Å². The monoisotopic (exact) mass is 461 g/mol. The minimum Gasteiger partial charge on any atom is -0.478 e. The third kappa shape index (κ3) is 4.13. The molecule has 2 fully saturated rings. The normalized spacial score (nSPS) is 21.2. The number of benzene rings is 1. The first kappa shape index (κ1) is 21.6. The van der Waals surface area contributed by atoms with E-state index in [0.29, 0.717) is 6.04 Å². The van der Waals surface area contributed by atoms with E-state index in [4.69, 9.17) is 16.6 Å². The van der Waals surface area contributed by atoms with Gasteiger partial charge in [-0.1, -0.05) is 31.4 Å². The van der Waals surface area contributed by atoms with Crippen LogP contribution in [-0.2, 0) is 0 Å². The smallest absolute Gasteiger partial charge is 0.335 e. The number of hydrogen-bond donors (Lipinski definition) is 2. The summed E-state index contributed by atoms with van der Waals surface area (Å²) in [5.41, 5.74) is 2.95. The molecule has 7 heteroatoms. The highest BCUT2D eigenvalue weighted by atomic mass is 32.1. The van der Waals surface area contributed by atoms with E-state index in [1.165, 1.54) is 19.3 Å². The third-order valence-electron chi connectivity index (χ3n) is 6.76. The van der Waals surface area contributed by atoms with Gasteiger partial charge in [-0.25, -0.2) is 4.79 Å². The van der Waals surface area contributed by atoms with Gasteiger partial charge in [0, 0.05) is 17.8 Å². The maximum atomic E-state index is 11.3. The van der Waals surface area contributed by atoms with Crippen LogP contribution in [0.4, 0.5) is 0 Å². The van der Waals surface area contributed by atoms with Crippen LogP contribution in [0.3, 0.4) is 0 Å². The second-order valence-electron chi connectivity index (χ2n) is 8.86. The van der Waals surface area contributed by atoms with Crippen LogP contribution in [-0.4, -0.2) is 32.1 Å². The topological polar surface area (TPSA) is 78.6 Å². The van der Waals surface area contributed by atoms with Crippen LogP contribution in [0.5, 0.6) is 0 Å². The summed E-state index contributed by atoms with van der Waals surface area (Å²) in [5, 5.41) is 13.5. The first-order valence-electron chi connectivity index (χ1n) is 11.5. The van der Waals surface area contributed by atoms with Crippen LogP contribution in [0.15, 0.2) is 59.1 Å². The fraction of sp³-hybridized carbons (Fsp3) is 0.346. The number of aromatic carboxylic acids is 1. The molecule has 2 aliphatic rings. The molecule has 0 amide bonds. The molecule has 0 bridgehead atoms. The summed E-state index contributed by atoms with van der Waals surface area (Å²) in [7, 11) is 0. The minimum atomic E-state index is -0.934. The van der Waals surface area contributed by atoms with Gasteiger partial charge >= 0.3 is 5.97 Å². The Bertz CT molecular complexity index is 1170. The Labute approximate surface area is 198 Å². The van der Waals surface area contributed by atoms with Gasteiger partial charge < -0.3 is 19.7 Å². The Morgan fingerprint density at radius 3 is 2.67 bits per heavy atom. The summed E-state index contributed by atoms with van der Waals surface area (Å²) in [4.78, 5) is 18.3. The molecule has 1 saturated heterocycles. The maximum Gasteiger partial charge on any atom is 0.335 e. The number of thiocarbonyl (C=S) groups is 1. The number of carboxylic acid groups (broad SMARTS) is 1. The standard InChI is InChI=1S/C26H27N3O3S/c1-16-15-17(25(30)31)10-11-19(16)21-12-13-22(32-21)24-23(20-9-5-6-14-27-20)28-26(33)29(24)18-7-3-2-4-8-18/h5-6,9-15,18,23-24H,2-4,7-8H2,1H3,(H,28,33)(H,30,31)/t23-,24-/m1/s1. The van der Waals surface area contributed by atoms with E-state index in [2.05, 4.69) is 15.2 Å². The molecule has 5 rings (SSSR count). The number of nitrogens with one attached hydrogen (secondary N) is 1. The van der Waals surface area contributed by atoms with E-state index >= 15 is 0 Å². The van der Waals surface area contributed by atoms with Gasteiger partial charge in [0.05, 0.1) is 17.3 Å². The molecule has 0 radical (unpaired) electrons. The molecule has 1 aliphatic heterocycles. The molecule has 3 heterocycles. The molecule has 0 unspecified atom stereocenters. The predicted molar refractivity (Wildman–Crippen MR) is 130 cm³/mol. The number of nitrogens with zero attached hydrogens (tertiary/aromatic N) is 2.